The van der Waals surface area contributed by atoms with Crippen LogP contribution in [0.15, 0.2) is 97.1 Å². The van der Waals surface area contributed by atoms with Gasteiger partial charge in [0.1, 0.15) is 23.0 Å². The lowest BCUT2D eigenvalue weighted by Crippen LogP contribution is -2.20. The predicted octanol–water partition coefficient (Wildman–Crippen LogP) is 7.63. The molecule has 0 amide bonds. The van der Waals surface area contributed by atoms with Crippen molar-refractivity contribution in [3.8, 4) is 23.0 Å². The standard InChI is InChI=1S/C34H20O4/c1-3-7-19-17(5-1)9-13-23-27(19)31-29-21-11-16-26-30(22(21)12-15-25(29)37-33(31)35-23)32-28-20-8-4-2-6-18(20)10-14-24(28)36-34(32)38-26/h1-16,31-34H/t31-,32-,33+,34+/m0/s1. The van der Waals surface area contributed by atoms with Gasteiger partial charge in [0.2, 0.25) is 0 Å². The molecule has 0 saturated heterocycles. The smallest absolute Gasteiger partial charge is 0.252 e. The molecule has 6 aromatic carbocycles. The van der Waals surface area contributed by atoms with Crippen LogP contribution >= 0.6 is 0 Å². The number of rotatable bonds is 0. The fourth-order valence-corrected chi connectivity index (χ4v) is 7.31. The average molecular weight is 493 g/mol. The Balaban J connectivity index is 1.23. The first-order valence-corrected chi connectivity index (χ1v) is 13.1. The highest BCUT2D eigenvalue weighted by Gasteiger charge is 2.49. The summed E-state index contributed by atoms with van der Waals surface area (Å²) in [6, 6.07) is 34.1. The first kappa shape index (κ1) is 19.4. The first-order valence-electron chi connectivity index (χ1n) is 13.1. The van der Waals surface area contributed by atoms with Gasteiger partial charge in [-0.1, -0.05) is 72.8 Å². The highest BCUT2D eigenvalue weighted by Crippen LogP contribution is 2.58. The zero-order valence-corrected chi connectivity index (χ0v) is 20.2. The summed E-state index contributed by atoms with van der Waals surface area (Å²) in [6.45, 7) is 0. The van der Waals surface area contributed by atoms with Gasteiger partial charge in [-0.3, -0.25) is 0 Å². The molecule has 4 nitrogen and oxygen atoms in total. The van der Waals surface area contributed by atoms with E-state index in [-0.39, 0.29) is 24.4 Å². The minimum Gasteiger partial charge on any atom is -0.454 e. The van der Waals surface area contributed by atoms with Crippen molar-refractivity contribution in [3.63, 3.8) is 0 Å². The van der Waals surface area contributed by atoms with Crippen molar-refractivity contribution in [2.75, 3.05) is 0 Å². The van der Waals surface area contributed by atoms with E-state index in [2.05, 4.69) is 97.1 Å². The van der Waals surface area contributed by atoms with Crippen molar-refractivity contribution in [1.29, 1.82) is 0 Å². The molecule has 0 N–H and O–H groups in total. The van der Waals surface area contributed by atoms with Gasteiger partial charge in [0.05, 0.1) is 11.8 Å². The zero-order valence-electron chi connectivity index (χ0n) is 20.2. The SMILES string of the molecule is c1ccc2c3c(ccc2c1)O[C@@H]1Oc2ccc4c5c(ccc4c2[C@H]31)O[C@H]1Oc2ccc3ccccc3c2[C@@H]51. The molecule has 0 spiro atoms. The second-order valence-corrected chi connectivity index (χ2v) is 10.6. The monoisotopic (exact) mass is 492 g/mol. The van der Waals surface area contributed by atoms with Crippen LogP contribution in [0.4, 0.5) is 0 Å². The molecule has 0 fully saturated rings. The molecule has 0 aliphatic carbocycles. The molecule has 0 saturated carbocycles. The van der Waals surface area contributed by atoms with E-state index in [1.165, 1.54) is 54.6 Å². The first-order chi connectivity index (χ1) is 18.8. The van der Waals surface area contributed by atoms with Crippen molar-refractivity contribution in [2.45, 2.75) is 24.4 Å². The summed E-state index contributed by atoms with van der Waals surface area (Å²) in [6.07, 6.45) is -0.707. The van der Waals surface area contributed by atoms with Crippen molar-refractivity contribution in [1.82, 2.24) is 0 Å². The molecule has 38 heavy (non-hydrogen) atoms. The molecule has 0 bridgehead atoms. The third-order valence-corrected chi connectivity index (χ3v) is 8.83. The second-order valence-electron chi connectivity index (χ2n) is 10.6. The van der Waals surface area contributed by atoms with Crippen molar-refractivity contribution in [2.24, 2.45) is 0 Å². The Hall–Kier alpha value is -4.70. The number of ether oxygens (including phenoxy) is 4. The van der Waals surface area contributed by atoms with Gasteiger partial charge in [0.15, 0.2) is 0 Å². The van der Waals surface area contributed by atoms with E-state index in [1.54, 1.807) is 0 Å². The Kier molecular flexibility index (Phi) is 3.37. The minimum absolute atomic E-state index is 0.0129. The topological polar surface area (TPSA) is 36.9 Å². The lowest BCUT2D eigenvalue weighted by Gasteiger charge is -2.15. The maximum atomic E-state index is 6.41. The van der Waals surface area contributed by atoms with Gasteiger partial charge in [-0.25, -0.2) is 0 Å². The molecule has 4 heteroatoms. The van der Waals surface area contributed by atoms with Crippen LogP contribution in [0.5, 0.6) is 23.0 Å². The van der Waals surface area contributed by atoms with Gasteiger partial charge in [0.25, 0.3) is 12.6 Å². The van der Waals surface area contributed by atoms with Gasteiger partial charge < -0.3 is 18.9 Å². The van der Waals surface area contributed by atoms with Crippen molar-refractivity contribution in [3.05, 3.63) is 119 Å². The van der Waals surface area contributed by atoms with E-state index in [9.17, 15) is 0 Å². The molecule has 4 aliphatic rings. The van der Waals surface area contributed by atoms with Crippen LogP contribution in [0.1, 0.15) is 34.1 Å². The molecule has 4 heterocycles. The van der Waals surface area contributed by atoms with Crippen LogP contribution < -0.4 is 18.9 Å². The third kappa shape index (κ3) is 2.24. The summed E-state index contributed by atoms with van der Waals surface area (Å²) >= 11 is 0. The van der Waals surface area contributed by atoms with Crippen LogP contribution in [0.2, 0.25) is 0 Å². The maximum Gasteiger partial charge on any atom is 0.252 e. The maximum absolute atomic E-state index is 6.41. The van der Waals surface area contributed by atoms with Gasteiger partial charge in [0, 0.05) is 22.3 Å². The van der Waals surface area contributed by atoms with Crippen molar-refractivity contribution < 1.29 is 18.9 Å². The van der Waals surface area contributed by atoms with E-state index >= 15 is 0 Å². The van der Waals surface area contributed by atoms with Gasteiger partial charge in [-0.2, -0.15) is 0 Å². The van der Waals surface area contributed by atoms with Gasteiger partial charge in [-0.05, 0) is 56.6 Å². The molecule has 0 radical (unpaired) electrons. The third-order valence-electron chi connectivity index (χ3n) is 8.83. The van der Waals surface area contributed by atoms with E-state index in [4.69, 9.17) is 18.9 Å². The number of fused-ring (bicyclic) bond motifs is 17. The fraction of sp³-hybridized carbons (Fsp3) is 0.118. The molecule has 4 aliphatic heterocycles. The quantitative estimate of drug-likeness (QED) is 0.218. The van der Waals surface area contributed by atoms with Crippen LogP contribution in [-0.4, -0.2) is 12.6 Å². The van der Waals surface area contributed by atoms with Gasteiger partial charge in [-0.15, -0.1) is 0 Å². The number of hydrogen-bond donors (Lipinski definition) is 0. The Morgan fingerprint density at radius 2 is 0.711 bits per heavy atom. The summed E-state index contributed by atoms with van der Waals surface area (Å²) in [5.41, 5.74) is 4.83. The summed E-state index contributed by atoms with van der Waals surface area (Å²) in [5, 5.41) is 7.26. The molecule has 6 aromatic rings. The van der Waals surface area contributed by atoms with Crippen LogP contribution in [0, 0.1) is 0 Å². The molecule has 4 atom stereocenters. The van der Waals surface area contributed by atoms with E-state index in [1.807, 2.05) is 0 Å². The minimum atomic E-state index is -0.354. The van der Waals surface area contributed by atoms with E-state index in [0.29, 0.717) is 0 Å². The predicted molar refractivity (Wildman–Crippen MR) is 146 cm³/mol. The molecular weight excluding hydrogens is 472 g/mol. The zero-order chi connectivity index (χ0) is 24.5. The number of hydrogen-bond acceptors (Lipinski definition) is 4. The highest BCUT2D eigenvalue weighted by molar-refractivity contribution is 5.98. The van der Waals surface area contributed by atoms with Gasteiger partial charge >= 0.3 is 0 Å². The van der Waals surface area contributed by atoms with Crippen LogP contribution in [0.25, 0.3) is 32.3 Å². The Morgan fingerprint density at radius 3 is 1.16 bits per heavy atom. The Bertz CT molecular complexity index is 1880. The average Bonchev–Trinajstić information content (AvgIpc) is 3.69. The summed E-state index contributed by atoms with van der Waals surface area (Å²) in [4.78, 5) is 0. The van der Waals surface area contributed by atoms with Crippen LogP contribution in [0.3, 0.4) is 0 Å². The number of benzene rings is 6. The largest absolute Gasteiger partial charge is 0.454 e. The van der Waals surface area contributed by atoms with E-state index < -0.39 is 0 Å². The molecule has 10 rings (SSSR count). The molecule has 0 unspecified atom stereocenters. The second kappa shape index (κ2) is 6.59. The summed E-state index contributed by atoms with van der Waals surface area (Å²) in [7, 11) is 0. The Labute approximate surface area is 217 Å². The fourth-order valence-electron chi connectivity index (χ4n) is 7.31. The van der Waals surface area contributed by atoms with E-state index in [0.717, 1.165) is 23.0 Å². The lowest BCUT2D eigenvalue weighted by atomic mass is 9.83. The molecule has 180 valence electrons. The molecular formula is C34H20O4. The van der Waals surface area contributed by atoms with Crippen LogP contribution in [-0.2, 0) is 0 Å². The Morgan fingerprint density at radius 1 is 0.342 bits per heavy atom. The summed E-state index contributed by atoms with van der Waals surface area (Å²) < 4.78 is 25.5. The lowest BCUT2D eigenvalue weighted by molar-refractivity contribution is 0.0328. The summed E-state index contributed by atoms with van der Waals surface area (Å²) in [5.74, 6) is 3.65. The highest BCUT2D eigenvalue weighted by atomic mass is 16.7. The molecule has 0 aromatic heterocycles. The van der Waals surface area contributed by atoms with Crippen molar-refractivity contribution >= 4 is 32.3 Å². The normalized spacial score (nSPS) is 23.1.